The van der Waals surface area contributed by atoms with Crippen molar-refractivity contribution >= 4 is 34.6 Å². The highest BCUT2D eigenvalue weighted by atomic mass is 127. The molecule has 8 heteroatoms. The summed E-state index contributed by atoms with van der Waals surface area (Å²) in [4.78, 5) is 12.4. The first-order chi connectivity index (χ1) is 21.4. The Morgan fingerprint density at radius 2 is 1.70 bits per heavy atom. The van der Waals surface area contributed by atoms with Crippen molar-refractivity contribution in [3.05, 3.63) is 98.8 Å². The van der Waals surface area contributed by atoms with Crippen LogP contribution in [-0.2, 0) is 16.1 Å². The van der Waals surface area contributed by atoms with Crippen molar-refractivity contribution in [2.75, 3.05) is 7.05 Å². The van der Waals surface area contributed by atoms with E-state index in [1.54, 1.807) is 7.05 Å². The largest absolute Gasteiger partial charge is 0.489 e. The molecule has 4 aromatic rings. The van der Waals surface area contributed by atoms with E-state index in [9.17, 15) is 4.79 Å². The van der Waals surface area contributed by atoms with Crippen molar-refractivity contribution in [3.63, 3.8) is 0 Å². The highest BCUT2D eigenvalue weighted by Gasteiger charge is 2.28. The van der Waals surface area contributed by atoms with Crippen molar-refractivity contribution in [1.82, 2.24) is 15.1 Å². The summed E-state index contributed by atoms with van der Waals surface area (Å²) in [6, 6.07) is 24.9. The second kappa shape index (κ2) is 13.7. The lowest BCUT2D eigenvalue weighted by Crippen LogP contribution is -2.39. The summed E-state index contributed by atoms with van der Waals surface area (Å²) in [5.74, 6) is 0.645. The maximum absolute atomic E-state index is 12.4. The van der Waals surface area contributed by atoms with Gasteiger partial charge in [-0.1, -0.05) is 37.5 Å². The van der Waals surface area contributed by atoms with Gasteiger partial charge in [-0.25, -0.2) is 0 Å². The summed E-state index contributed by atoms with van der Waals surface area (Å²) in [5, 5.41) is 7.77. The molecule has 2 heterocycles. The van der Waals surface area contributed by atoms with Crippen LogP contribution in [0.2, 0.25) is 0 Å². The molecule has 6 rings (SSSR count). The molecule has 1 saturated heterocycles. The van der Waals surface area contributed by atoms with Gasteiger partial charge in [0.2, 0.25) is 0 Å². The molecule has 1 saturated carbocycles. The van der Waals surface area contributed by atoms with Crippen LogP contribution >= 0.6 is 22.6 Å². The van der Waals surface area contributed by atoms with E-state index in [1.807, 2.05) is 44.2 Å². The minimum absolute atomic E-state index is 0.119. The Balaban J connectivity index is 1.24. The highest BCUT2D eigenvalue weighted by Crippen LogP contribution is 2.35. The third-order valence-electron chi connectivity index (χ3n) is 8.35. The van der Waals surface area contributed by atoms with Crippen LogP contribution in [0.4, 0.5) is 0 Å². The Morgan fingerprint density at radius 1 is 1.00 bits per heavy atom. The fraction of sp³-hybridized carbons (Fsp3) is 0.333. The molecule has 7 nitrogen and oxygen atoms in total. The maximum Gasteiger partial charge on any atom is 0.251 e. The summed E-state index contributed by atoms with van der Waals surface area (Å²) in [6.07, 6.45) is 7.64. The molecule has 0 radical (unpaired) electrons. The van der Waals surface area contributed by atoms with E-state index < -0.39 is 0 Å². The molecule has 1 aliphatic heterocycles. The first kappa shape index (κ1) is 30.6. The number of amides is 1. The average molecular weight is 704 g/mol. The van der Waals surface area contributed by atoms with Gasteiger partial charge < -0.3 is 19.5 Å². The van der Waals surface area contributed by atoms with Crippen LogP contribution < -0.4 is 10.1 Å². The van der Waals surface area contributed by atoms with E-state index in [0.717, 1.165) is 57.8 Å². The van der Waals surface area contributed by atoms with Crippen LogP contribution in [0.5, 0.6) is 5.75 Å². The van der Waals surface area contributed by atoms with Gasteiger partial charge in [0.15, 0.2) is 12.6 Å². The number of halogens is 1. The lowest BCUT2D eigenvalue weighted by molar-refractivity contribution is -0.358. The SMILES string of the molecule is CNC(=O)c1ccc(-c2ccc(I)cc2)c(COc2ccc(-c3cc(/C=C(\C)C4OC(C)O4)nn3C3CCCCC3)cc2)c1. The van der Waals surface area contributed by atoms with Gasteiger partial charge in [-0.05, 0) is 132 Å². The highest BCUT2D eigenvalue weighted by molar-refractivity contribution is 14.1. The normalized spacial score (nSPS) is 19.0. The van der Waals surface area contributed by atoms with Gasteiger partial charge in [0, 0.05) is 21.7 Å². The summed E-state index contributed by atoms with van der Waals surface area (Å²) in [7, 11) is 1.64. The second-order valence-electron chi connectivity index (χ2n) is 11.5. The number of hydrogen-bond donors (Lipinski definition) is 1. The van der Waals surface area contributed by atoms with E-state index in [1.165, 1.54) is 22.8 Å². The predicted molar refractivity (Wildman–Crippen MR) is 181 cm³/mol. The van der Waals surface area contributed by atoms with Gasteiger partial charge in [-0.2, -0.15) is 5.10 Å². The fourth-order valence-corrected chi connectivity index (χ4v) is 6.33. The van der Waals surface area contributed by atoms with Crippen LogP contribution in [-0.4, -0.2) is 35.3 Å². The van der Waals surface area contributed by atoms with Crippen LogP contribution in [0, 0.1) is 3.57 Å². The molecule has 1 aromatic heterocycles. The summed E-state index contributed by atoms with van der Waals surface area (Å²) in [6.45, 7) is 4.26. The molecule has 3 aromatic carbocycles. The minimum Gasteiger partial charge on any atom is -0.489 e. The van der Waals surface area contributed by atoms with Gasteiger partial charge in [-0.3, -0.25) is 9.48 Å². The van der Waals surface area contributed by atoms with E-state index >= 15 is 0 Å². The Kier molecular flexibility index (Phi) is 9.49. The maximum atomic E-state index is 12.4. The number of rotatable bonds is 9. The first-order valence-corrected chi connectivity index (χ1v) is 16.4. The summed E-state index contributed by atoms with van der Waals surface area (Å²) in [5.41, 5.74) is 7.81. The van der Waals surface area contributed by atoms with Crippen LogP contribution in [0.15, 0.2) is 78.4 Å². The van der Waals surface area contributed by atoms with E-state index in [4.69, 9.17) is 19.3 Å². The zero-order valence-electron chi connectivity index (χ0n) is 25.4. The molecule has 228 valence electrons. The lowest BCUT2D eigenvalue weighted by atomic mass is 9.95. The third-order valence-corrected chi connectivity index (χ3v) is 9.07. The minimum atomic E-state index is -0.298. The number of carbonyl (C=O) groups is 1. The predicted octanol–water partition coefficient (Wildman–Crippen LogP) is 8.39. The molecule has 0 spiro atoms. The van der Waals surface area contributed by atoms with Crippen molar-refractivity contribution in [3.8, 4) is 28.1 Å². The van der Waals surface area contributed by atoms with Crippen molar-refractivity contribution < 1.29 is 19.0 Å². The smallest absolute Gasteiger partial charge is 0.251 e. The standard InChI is InChI=1S/C36H38IN3O4/c1-23(36-43-24(2)44-36)19-30-21-34(40(39-30)31-7-5-4-6-8-31)26-11-16-32(17-12-26)42-22-28-20-27(35(41)38-3)13-18-33(28)25-9-14-29(37)15-10-25/h9-21,24,31,36H,4-8,22H2,1-3H3,(H,38,41)/b23-19+. The molecule has 44 heavy (non-hydrogen) atoms. The lowest BCUT2D eigenvalue weighted by Gasteiger charge is -2.34. The molecular weight excluding hydrogens is 665 g/mol. The quantitative estimate of drug-likeness (QED) is 0.177. The Bertz CT molecular complexity index is 1630. The van der Waals surface area contributed by atoms with Crippen molar-refractivity contribution in [2.45, 2.75) is 71.2 Å². The van der Waals surface area contributed by atoms with Crippen molar-refractivity contribution in [2.24, 2.45) is 0 Å². The molecule has 1 amide bonds. The molecule has 1 aliphatic carbocycles. The van der Waals surface area contributed by atoms with Crippen LogP contribution in [0.25, 0.3) is 28.5 Å². The second-order valence-corrected chi connectivity index (χ2v) is 12.8. The topological polar surface area (TPSA) is 74.6 Å². The summed E-state index contributed by atoms with van der Waals surface area (Å²) >= 11 is 2.31. The van der Waals surface area contributed by atoms with Gasteiger partial charge in [0.1, 0.15) is 12.4 Å². The molecule has 0 bridgehead atoms. The van der Waals surface area contributed by atoms with Gasteiger partial charge >= 0.3 is 0 Å². The molecular formula is C36H38IN3O4. The molecule has 2 aliphatic rings. The Morgan fingerprint density at radius 3 is 2.39 bits per heavy atom. The number of nitrogens with one attached hydrogen (secondary N) is 1. The monoisotopic (exact) mass is 703 g/mol. The zero-order chi connectivity index (χ0) is 30.6. The molecule has 2 fully saturated rings. The van der Waals surface area contributed by atoms with E-state index in [-0.39, 0.29) is 18.5 Å². The third kappa shape index (κ3) is 6.92. The van der Waals surface area contributed by atoms with Crippen molar-refractivity contribution in [1.29, 1.82) is 0 Å². The fourth-order valence-electron chi connectivity index (χ4n) is 5.97. The van der Waals surface area contributed by atoms with Crippen LogP contribution in [0.3, 0.4) is 0 Å². The number of ether oxygens (including phenoxy) is 3. The molecule has 0 atom stereocenters. The Hall–Kier alpha value is -3.47. The number of benzene rings is 3. The number of aromatic nitrogens is 2. The number of hydrogen-bond acceptors (Lipinski definition) is 5. The van der Waals surface area contributed by atoms with Gasteiger partial charge in [0.05, 0.1) is 17.4 Å². The molecule has 1 N–H and O–H groups in total. The number of nitrogens with zero attached hydrogens (tertiary/aromatic N) is 2. The Labute approximate surface area is 272 Å². The van der Waals surface area contributed by atoms with Gasteiger partial charge in [0.25, 0.3) is 5.91 Å². The number of carbonyl (C=O) groups excluding carboxylic acids is 1. The average Bonchev–Trinajstić information content (AvgIpc) is 3.46. The van der Waals surface area contributed by atoms with E-state index in [0.29, 0.717) is 18.2 Å². The van der Waals surface area contributed by atoms with E-state index in [2.05, 4.69) is 81.1 Å². The summed E-state index contributed by atoms with van der Waals surface area (Å²) < 4.78 is 21.1. The van der Waals surface area contributed by atoms with Gasteiger partial charge in [-0.15, -0.1) is 0 Å². The van der Waals surface area contributed by atoms with Crippen LogP contribution in [0.1, 0.15) is 73.6 Å². The zero-order valence-corrected chi connectivity index (χ0v) is 27.5. The first-order valence-electron chi connectivity index (χ1n) is 15.3. The molecule has 0 unspecified atom stereocenters.